The van der Waals surface area contributed by atoms with E-state index in [0.717, 1.165) is 11.1 Å². The van der Waals surface area contributed by atoms with Crippen molar-refractivity contribution in [3.8, 4) is 6.07 Å². The smallest absolute Gasteiger partial charge is 0.335 e. The summed E-state index contributed by atoms with van der Waals surface area (Å²) in [5.74, 6) is -1.69. The molecule has 0 amide bonds. The van der Waals surface area contributed by atoms with Gasteiger partial charge in [-0.3, -0.25) is 0 Å². The van der Waals surface area contributed by atoms with Gasteiger partial charge in [-0.1, -0.05) is 24.3 Å². The summed E-state index contributed by atoms with van der Waals surface area (Å²) in [4.78, 5) is 10.8. The third kappa shape index (κ3) is 3.21. The van der Waals surface area contributed by atoms with E-state index in [2.05, 4.69) is 6.07 Å². The molecule has 0 aliphatic rings. The van der Waals surface area contributed by atoms with Crippen molar-refractivity contribution in [3.63, 3.8) is 0 Å². The molecule has 3 nitrogen and oxygen atoms in total. The normalized spacial score (nSPS) is 11.6. The average Bonchev–Trinajstić information content (AvgIpc) is 2.47. The number of carboxylic acid groups (broad SMARTS) is 1. The van der Waals surface area contributed by atoms with Crippen LogP contribution < -0.4 is 0 Å². The van der Waals surface area contributed by atoms with Gasteiger partial charge in [0.05, 0.1) is 17.6 Å². The summed E-state index contributed by atoms with van der Waals surface area (Å²) >= 11 is 0. The summed E-state index contributed by atoms with van der Waals surface area (Å²) in [5.41, 5.74) is 1.80. The molecule has 2 aromatic rings. The number of hydrogen-bond acceptors (Lipinski definition) is 2. The highest BCUT2D eigenvalue weighted by atomic mass is 19.1. The minimum absolute atomic E-state index is 0.187. The van der Waals surface area contributed by atoms with Crippen LogP contribution in [0.5, 0.6) is 0 Å². The Hall–Kier alpha value is -2.67. The minimum Gasteiger partial charge on any atom is -0.478 e. The number of halogens is 1. The van der Waals surface area contributed by atoms with Crippen LogP contribution in [-0.2, 0) is 6.42 Å². The highest BCUT2D eigenvalue weighted by molar-refractivity contribution is 5.87. The van der Waals surface area contributed by atoms with Crippen molar-refractivity contribution in [1.82, 2.24) is 0 Å². The molecule has 0 aromatic heterocycles. The number of hydrogen-bond donors (Lipinski definition) is 1. The molecule has 0 saturated carbocycles. The molecule has 0 spiro atoms. The molecule has 1 unspecified atom stereocenters. The van der Waals surface area contributed by atoms with Gasteiger partial charge >= 0.3 is 5.97 Å². The summed E-state index contributed by atoms with van der Waals surface area (Å²) < 4.78 is 12.8. The van der Waals surface area contributed by atoms with E-state index in [1.54, 1.807) is 24.3 Å². The summed E-state index contributed by atoms with van der Waals surface area (Å²) in [6, 6.07) is 14.4. The number of aromatic carboxylic acids is 1. The Balaban J connectivity index is 2.18. The van der Waals surface area contributed by atoms with Crippen LogP contribution in [0.2, 0.25) is 0 Å². The molecule has 0 aliphatic carbocycles. The molecule has 1 atom stereocenters. The number of carbonyl (C=O) groups is 1. The molecule has 0 heterocycles. The Morgan fingerprint density at radius 2 is 1.75 bits per heavy atom. The van der Waals surface area contributed by atoms with Crippen molar-refractivity contribution < 1.29 is 14.3 Å². The number of carboxylic acids is 1. The van der Waals surface area contributed by atoms with Crippen LogP contribution in [0.25, 0.3) is 0 Å². The van der Waals surface area contributed by atoms with Crippen LogP contribution >= 0.6 is 0 Å². The second kappa shape index (κ2) is 5.98. The summed E-state index contributed by atoms with van der Waals surface area (Å²) in [6.07, 6.45) is 0.462. The van der Waals surface area contributed by atoms with E-state index in [0.29, 0.717) is 6.42 Å². The highest BCUT2D eigenvalue weighted by Gasteiger charge is 2.12. The Kier molecular flexibility index (Phi) is 4.11. The molecule has 20 heavy (non-hydrogen) atoms. The van der Waals surface area contributed by atoms with Gasteiger partial charge in [0.25, 0.3) is 0 Å². The van der Waals surface area contributed by atoms with Gasteiger partial charge < -0.3 is 5.11 Å². The van der Waals surface area contributed by atoms with E-state index in [-0.39, 0.29) is 17.3 Å². The summed E-state index contributed by atoms with van der Waals surface area (Å²) in [7, 11) is 0. The molecular formula is C16H12FNO2. The first kappa shape index (κ1) is 13.8. The predicted molar refractivity (Wildman–Crippen MR) is 71.9 cm³/mol. The van der Waals surface area contributed by atoms with Crippen LogP contribution in [0.4, 0.5) is 4.39 Å². The molecule has 100 valence electrons. The van der Waals surface area contributed by atoms with Gasteiger partial charge in [-0.2, -0.15) is 5.26 Å². The number of rotatable bonds is 4. The zero-order valence-corrected chi connectivity index (χ0v) is 10.6. The van der Waals surface area contributed by atoms with Crippen molar-refractivity contribution in [2.24, 2.45) is 0 Å². The number of nitriles is 1. The van der Waals surface area contributed by atoms with Gasteiger partial charge in [0.1, 0.15) is 5.82 Å². The van der Waals surface area contributed by atoms with Crippen LogP contribution in [0, 0.1) is 17.1 Å². The maximum Gasteiger partial charge on any atom is 0.335 e. The molecule has 0 fully saturated rings. The Labute approximate surface area is 115 Å². The van der Waals surface area contributed by atoms with Crippen LogP contribution in [0.3, 0.4) is 0 Å². The first-order chi connectivity index (χ1) is 9.60. The molecule has 2 rings (SSSR count). The zero-order valence-electron chi connectivity index (χ0n) is 10.6. The van der Waals surface area contributed by atoms with E-state index in [1.807, 2.05) is 0 Å². The van der Waals surface area contributed by atoms with Gasteiger partial charge in [-0.25, -0.2) is 9.18 Å². The zero-order chi connectivity index (χ0) is 14.5. The molecule has 0 bridgehead atoms. The first-order valence-corrected chi connectivity index (χ1v) is 6.07. The van der Waals surface area contributed by atoms with E-state index in [1.165, 1.54) is 24.3 Å². The molecule has 0 aliphatic heterocycles. The lowest BCUT2D eigenvalue weighted by Crippen LogP contribution is -2.02. The van der Waals surface area contributed by atoms with E-state index in [9.17, 15) is 14.4 Å². The van der Waals surface area contributed by atoms with Crippen molar-refractivity contribution in [1.29, 1.82) is 5.26 Å². The van der Waals surface area contributed by atoms with Gasteiger partial charge in [0, 0.05) is 0 Å². The molecule has 0 radical (unpaired) electrons. The first-order valence-electron chi connectivity index (χ1n) is 6.07. The predicted octanol–water partition coefficient (Wildman–Crippen LogP) is 3.37. The van der Waals surface area contributed by atoms with Crippen LogP contribution in [0.1, 0.15) is 27.4 Å². The van der Waals surface area contributed by atoms with Crippen LogP contribution in [-0.4, -0.2) is 11.1 Å². The molecule has 0 saturated heterocycles. The fraction of sp³-hybridized carbons (Fsp3) is 0.125. The Morgan fingerprint density at radius 3 is 2.25 bits per heavy atom. The fourth-order valence-electron chi connectivity index (χ4n) is 1.95. The lowest BCUT2D eigenvalue weighted by atomic mass is 9.92. The Morgan fingerprint density at radius 1 is 1.15 bits per heavy atom. The standard InChI is InChI=1S/C16H12FNO2/c17-15-7-1-11(2-8-15)9-14(10-18)12-3-5-13(6-4-12)16(19)20/h1-8,14H,9H2,(H,19,20). The van der Waals surface area contributed by atoms with Crippen molar-refractivity contribution in [3.05, 3.63) is 71.0 Å². The molecular weight excluding hydrogens is 257 g/mol. The molecule has 4 heteroatoms. The van der Waals surface area contributed by atoms with Gasteiger partial charge in [0.15, 0.2) is 0 Å². The van der Waals surface area contributed by atoms with E-state index >= 15 is 0 Å². The monoisotopic (exact) mass is 269 g/mol. The van der Waals surface area contributed by atoms with E-state index < -0.39 is 5.97 Å². The molecule has 2 aromatic carbocycles. The lowest BCUT2D eigenvalue weighted by Gasteiger charge is -2.10. The van der Waals surface area contributed by atoms with Gasteiger partial charge in [0.2, 0.25) is 0 Å². The average molecular weight is 269 g/mol. The van der Waals surface area contributed by atoms with Crippen LogP contribution in [0.15, 0.2) is 48.5 Å². The number of benzene rings is 2. The van der Waals surface area contributed by atoms with Gasteiger partial charge in [-0.15, -0.1) is 0 Å². The SMILES string of the molecule is N#CC(Cc1ccc(F)cc1)c1ccc(C(=O)O)cc1. The fourth-order valence-corrected chi connectivity index (χ4v) is 1.95. The van der Waals surface area contributed by atoms with Crippen molar-refractivity contribution >= 4 is 5.97 Å². The molecule has 1 N–H and O–H groups in total. The summed E-state index contributed by atoms with van der Waals surface area (Å²) in [5, 5.41) is 18.1. The largest absolute Gasteiger partial charge is 0.478 e. The third-order valence-electron chi connectivity index (χ3n) is 3.07. The maximum atomic E-state index is 12.8. The van der Waals surface area contributed by atoms with Gasteiger partial charge in [-0.05, 0) is 41.8 Å². The second-order valence-electron chi connectivity index (χ2n) is 4.44. The van der Waals surface area contributed by atoms with E-state index in [4.69, 9.17) is 5.11 Å². The topological polar surface area (TPSA) is 61.1 Å². The second-order valence-corrected chi connectivity index (χ2v) is 4.44. The number of nitrogens with zero attached hydrogens (tertiary/aromatic N) is 1. The quantitative estimate of drug-likeness (QED) is 0.925. The maximum absolute atomic E-state index is 12.8. The van der Waals surface area contributed by atoms with Crippen molar-refractivity contribution in [2.75, 3.05) is 0 Å². The third-order valence-corrected chi connectivity index (χ3v) is 3.07. The minimum atomic E-state index is -0.997. The van der Waals surface area contributed by atoms with Crippen molar-refractivity contribution in [2.45, 2.75) is 12.3 Å². The Bertz CT molecular complexity index is 642. The highest BCUT2D eigenvalue weighted by Crippen LogP contribution is 2.21. The summed E-state index contributed by atoms with van der Waals surface area (Å²) in [6.45, 7) is 0. The lowest BCUT2D eigenvalue weighted by molar-refractivity contribution is 0.0697.